The highest BCUT2D eigenvalue weighted by molar-refractivity contribution is 7.89. The van der Waals surface area contributed by atoms with Gasteiger partial charge in [0, 0.05) is 17.5 Å². The zero-order valence-electron chi connectivity index (χ0n) is 14.9. The molecular weight excluding hydrogens is 376 g/mol. The van der Waals surface area contributed by atoms with Crippen LogP contribution in [0.1, 0.15) is 12.8 Å². The first kappa shape index (κ1) is 18.2. The van der Waals surface area contributed by atoms with Crippen molar-refractivity contribution in [1.29, 1.82) is 0 Å². The molecule has 1 atom stereocenters. The Labute approximate surface area is 162 Å². The van der Waals surface area contributed by atoms with Crippen molar-refractivity contribution in [2.45, 2.75) is 23.8 Å². The van der Waals surface area contributed by atoms with Crippen LogP contribution < -0.4 is 5.32 Å². The molecule has 0 unspecified atom stereocenters. The van der Waals surface area contributed by atoms with Gasteiger partial charge < -0.3 is 5.32 Å². The Kier molecular flexibility index (Phi) is 4.60. The smallest absolute Gasteiger partial charge is 0.267 e. The van der Waals surface area contributed by atoms with Crippen LogP contribution in [0.3, 0.4) is 0 Å². The summed E-state index contributed by atoms with van der Waals surface area (Å²) in [7, 11) is -4.09. The van der Waals surface area contributed by atoms with Gasteiger partial charge in [0.25, 0.3) is 10.0 Å². The van der Waals surface area contributed by atoms with Crippen LogP contribution in [0, 0.1) is 0 Å². The van der Waals surface area contributed by atoms with Gasteiger partial charge in [-0.25, -0.2) is 12.7 Å². The Morgan fingerprint density at radius 1 is 0.929 bits per heavy atom. The van der Waals surface area contributed by atoms with E-state index in [1.54, 1.807) is 24.3 Å². The third-order valence-electron chi connectivity index (χ3n) is 4.81. The summed E-state index contributed by atoms with van der Waals surface area (Å²) in [4.78, 5) is 25.3. The van der Waals surface area contributed by atoms with Gasteiger partial charge in [0.15, 0.2) is 0 Å². The van der Waals surface area contributed by atoms with Crippen molar-refractivity contribution in [3.8, 4) is 0 Å². The van der Waals surface area contributed by atoms with Crippen molar-refractivity contribution in [1.82, 2.24) is 4.31 Å². The summed E-state index contributed by atoms with van der Waals surface area (Å²) < 4.78 is 26.6. The number of benzene rings is 3. The minimum Gasteiger partial charge on any atom is -0.324 e. The number of nitrogens with zero attached hydrogens (tertiary/aromatic N) is 1. The molecule has 6 nitrogen and oxygen atoms in total. The molecule has 2 amide bonds. The number of carbonyl (C=O) groups excluding carboxylic acids is 2. The number of nitrogens with one attached hydrogen (secondary N) is 1. The molecule has 3 aromatic carbocycles. The van der Waals surface area contributed by atoms with Crippen LogP contribution in [-0.4, -0.2) is 30.6 Å². The van der Waals surface area contributed by atoms with Gasteiger partial charge in [-0.15, -0.1) is 0 Å². The largest absolute Gasteiger partial charge is 0.324 e. The average molecular weight is 394 g/mol. The molecule has 1 N–H and O–H groups in total. The Hall–Kier alpha value is -3.19. The standard InChI is InChI=1S/C21H18N2O4S/c24-20-14-13-19(23(20)28(26,27)16-9-2-1-3-10-16)21(25)22-18-12-6-8-15-7-4-5-11-17(15)18/h1-12,19H,13-14H2,(H,22,25)/t19-/m0/s1. The van der Waals surface area contributed by atoms with Crippen LogP contribution in [0.5, 0.6) is 0 Å². The predicted molar refractivity (Wildman–Crippen MR) is 106 cm³/mol. The number of sulfonamides is 1. The lowest BCUT2D eigenvalue weighted by atomic mass is 10.1. The van der Waals surface area contributed by atoms with Crippen molar-refractivity contribution in [3.05, 3.63) is 72.8 Å². The highest BCUT2D eigenvalue weighted by Gasteiger charge is 2.44. The van der Waals surface area contributed by atoms with Gasteiger partial charge in [-0.1, -0.05) is 54.6 Å². The van der Waals surface area contributed by atoms with Crippen molar-refractivity contribution < 1.29 is 18.0 Å². The molecule has 142 valence electrons. The van der Waals surface area contributed by atoms with Crippen molar-refractivity contribution in [2.24, 2.45) is 0 Å². The summed E-state index contributed by atoms with van der Waals surface area (Å²) in [6, 6.07) is 19.7. The van der Waals surface area contributed by atoms with Crippen LogP contribution in [0.4, 0.5) is 5.69 Å². The van der Waals surface area contributed by atoms with Gasteiger partial charge in [0.2, 0.25) is 11.8 Å². The molecule has 0 radical (unpaired) electrons. The topological polar surface area (TPSA) is 83.6 Å². The second-order valence-corrected chi connectivity index (χ2v) is 8.39. The van der Waals surface area contributed by atoms with E-state index in [-0.39, 0.29) is 17.7 Å². The molecule has 0 saturated carbocycles. The van der Waals surface area contributed by atoms with Crippen molar-refractivity contribution in [2.75, 3.05) is 5.32 Å². The van der Waals surface area contributed by atoms with Crippen LogP contribution in [0.15, 0.2) is 77.7 Å². The molecule has 1 aliphatic heterocycles. The number of anilines is 1. The third-order valence-corrected chi connectivity index (χ3v) is 6.65. The molecule has 0 bridgehead atoms. The highest BCUT2D eigenvalue weighted by atomic mass is 32.2. The van der Waals surface area contributed by atoms with Crippen molar-refractivity contribution in [3.63, 3.8) is 0 Å². The fraction of sp³-hybridized carbons (Fsp3) is 0.143. The maximum atomic E-state index is 12.9. The van der Waals surface area contributed by atoms with E-state index in [9.17, 15) is 18.0 Å². The molecule has 3 aromatic rings. The predicted octanol–water partition coefficient (Wildman–Crippen LogP) is 3.16. The number of hydrogen-bond acceptors (Lipinski definition) is 4. The summed E-state index contributed by atoms with van der Waals surface area (Å²) in [5.41, 5.74) is 0.583. The van der Waals surface area contributed by atoms with Gasteiger partial charge in [-0.2, -0.15) is 0 Å². The van der Waals surface area contributed by atoms with E-state index in [1.165, 1.54) is 12.1 Å². The molecule has 1 saturated heterocycles. The molecule has 28 heavy (non-hydrogen) atoms. The van der Waals surface area contributed by atoms with Crippen LogP contribution in [0.25, 0.3) is 10.8 Å². The first-order valence-corrected chi connectivity index (χ1v) is 10.3. The Morgan fingerprint density at radius 3 is 2.39 bits per heavy atom. The minimum atomic E-state index is -4.09. The highest BCUT2D eigenvalue weighted by Crippen LogP contribution is 2.29. The zero-order valence-corrected chi connectivity index (χ0v) is 15.7. The summed E-state index contributed by atoms with van der Waals surface area (Å²) in [5.74, 6) is -1.08. The second-order valence-electron chi connectivity index (χ2n) is 6.58. The molecule has 0 aliphatic carbocycles. The zero-order chi connectivity index (χ0) is 19.7. The summed E-state index contributed by atoms with van der Waals surface area (Å²) >= 11 is 0. The first-order valence-electron chi connectivity index (χ1n) is 8.89. The maximum absolute atomic E-state index is 12.9. The van der Waals surface area contributed by atoms with E-state index in [2.05, 4.69) is 5.32 Å². The van der Waals surface area contributed by atoms with Crippen molar-refractivity contribution >= 4 is 38.3 Å². The number of rotatable bonds is 4. The van der Waals surface area contributed by atoms with E-state index >= 15 is 0 Å². The molecule has 7 heteroatoms. The van der Waals surface area contributed by atoms with Gasteiger partial charge in [-0.3, -0.25) is 9.59 Å². The van der Waals surface area contributed by atoms with E-state index in [0.29, 0.717) is 5.69 Å². The van der Waals surface area contributed by atoms with E-state index in [0.717, 1.165) is 15.1 Å². The van der Waals surface area contributed by atoms with Crippen LogP contribution >= 0.6 is 0 Å². The molecule has 1 fully saturated rings. The average Bonchev–Trinajstić information content (AvgIpc) is 3.11. The SMILES string of the molecule is O=C(Nc1cccc2ccccc12)[C@@H]1CCC(=O)N1S(=O)(=O)c1ccccc1. The maximum Gasteiger partial charge on any atom is 0.267 e. The first-order chi connectivity index (χ1) is 13.5. The lowest BCUT2D eigenvalue weighted by Crippen LogP contribution is -2.45. The lowest BCUT2D eigenvalue weighted by molar-refractivity contribution is -0.128. The second kappa shape index (κ2) is 7.09. The third kappa shape index (κ3) is 3.14. The van der Waals surface area contributed by atoms with Gasteiger partial charge in [0.1, 0.15) is 6.04 Å². The molecule has 4 rings (SSSR count). The minimum absolute atomic E-state index is 0.00629. The van der Waals surface area contributed by atoms with E-state index < -0.39 is 27.9 Å². The fourth-order valence-corrected chi connectivity index (χ4v) is 5.08. The molecule has 1 aliphatic rings. The van der Waals surface area contributed by atoms with Crippen LogP contribution in [-0.2, 0) is 19.6 Å². The fourth-order valence-electron chi connectivity index (χ4n) is 3.46. The summed E-state index contributed by atoms with van der Waals surface area (Å²) in [5, 5.41) is 4.61. The Morgan fingerprint density at radius 2 is 1.61 bits per heavy atom. The van der Waals surface area contributed by atoms with Crippen LogP contribution in [0.2, 0.25) is 0 Å². The Bertz CT molecular complexity index is 1150. The Balaban J connectivity index is 1.66. The summed E-state index contributed by atoms with van der Waals surface area (Å²) in [6.07, 6.45) is 0.168. The lowest BCUT2D eigenvalue weighted by Gasteiger charge is -2.24. The number of fused-ring (bicyclic) bond motifs is 1. The van der Waals surface area contributed by atoms with E-state index in [1.807, 2.05) is 36.4 Å². The molecule has 0 aromatic heterocycles. The molecule has 1 heterocycles. The number of amides is 2. The van der Waals surface area contributed by atoms with E-state index in [4.69, 9.17) is 0 Å². The normalized spacial score (nSPS) is 17.1. The van der Waals surface area contributed by atoms with Gasteiger partial charge >= 0.3 is 0 Å². The quantitative estimate of drug-likeness (QED) is 0.737. The summed E-state index contributed by atoms with van der Waals surface area (Å²) in [6.45, 7) is 0. The van der Waals surface area contributed by atoms with Gasteiger partial charge in [0.05, 0.1) is 4.90 Å². The number of hydrogen-bond donors (Lipinski definition) is 1. The molecular formula is C21H18N2O4S. The number of carbonyl (C=O) groups is 2. The van der Waals surface area contributed by atoms with Gasteiger partial charge in [-0.05, 0) is 30.0 Å². The molecule has 0 spiro atoms. The monoisotopic (exact) mass is 394 g/mol.